The predicted octanol–water partition coefficient (Wildman–Crippen LogP) is 1.93. The van der Waals surface area contributed by atoms with Crippen molar-refractivity contribution in [3.63, 3.8) is 0 Å². The molecule has 1 saturated carbocycles. The number of aliphatic hydroxyl groups excluding tert-OH is 1. The minimum Gasteiger partial charge on any atom is -0.469 e. The molecule has 154 valence electrons. The van der Waals surface area contributed by atoms with E-state index in [9.17, 15) is 19.5 Å². The summed E-state index contributed by atoms with van der Waals surface area (Å²) in [7, 11) is 1.35. The van der Waals surface area contributed by atoms with Gasteiger partial charge in [-0.2, -0.15) is 0 Å². The molecule has 0 bridgehead atoms. The summed E-state index contributed by atoms with van der Waals surface area (Å²) in [5.41, 5.74) is 1.03. The Labute approximate surface area is 165 Å². The summed E-state index contributed by atoms with van der Waals surface area (Å²) < 4.78 is 4.84. The number of aliphatic hydroxyl groups is 1. The van der Waals surface area contributed by atoms with E-state index < -0.39 is 6.04 Å². The van der Waals surface area contributed by atoms with Gasteiger partial charge in [0, 0.05) is 11.6 Å². The third-order valence-electron chi connectivity index (χ3n) is 5.19. The monoisotopic (exact) mass is 390 g/mol. The Morgan fingerprint density at radius 3 is 2.75 bits per heavy atom. The quantitative estimate of drug-likeness (QED) is 0.559. The third kappa shape index (κ3) is 5.79. The Bertz CT molecular complexity index is 691. The highest BCUT2D eigenvalue weighted by Crippen LogP contribution is 2.27. The third-order valence-corrected chi connectivity index (χ3v) is 5.19. The number of nitrogens with one attached hydrogen (secondary N) is 2. The molecule has 1 aromatic rings. The van der Waals surface area contributed by atoms with Crippen LogP contribution in [0.5, 0.6) is 0 Å². The molecule has 1 fully saturated rings. The maximum Gasteiger partial charge on any atom is 0.310 e. The van der Waals surface area contributed by atoms with Crippen LogP contribution in [0.15, 0.2) is 24.3 Å². The van der Waals surface area contributed by atoms with E-state index in [-0.39, 0.29) is 36.4 Å². The fourth-order valence-electron chi connectivity index (χ4n) is 3.58. The summed E-state index contributed by atoms with van der Waals surface area (Å²) in [6, 6.07) is 5.73. The van der Waals surface area contributed by atoms with E-state index in [0.717, 1.165) is 25.7 Å². The fourth-order valence-corrected chi connectivity index (χ4v) is 3.58. The number of carbonyl (C=O) groups is 3. The molecule has 28 heavy (non-hydrogen) atoms. The molecule has 7 nitrogen and oxygen atoms in total. The van der Waals surface area contributed by atoms with Gasteiger partial charge in [0.15, 0.2) is 0 Å². The van der Waals surface area contributed by atoms with Crippen LogP contribution >= 0.6 is 0 Å². The number of hydrogen-bond donors (Lipinski definition) is 3. The summed E-state index contributed by atoms with van der Waals surface area (Å²) in [6.07, 6.45) is 4.47. The molecule has 3 N–H and O–H groups in total. The summed E-state index contributed by atoms with van der Waals surface area (Å²) in [5, 5.41) is 15.0. The molecule has 0 aromatic heterocycles. The molecule has 1 aliphatic carbocycles. The second-order valence-electron chi connectivity index (χ2n) is 7.20. The number of rotatable bonds is 9. The first-order valence-corrected chi connectivity index (χ1v) is 9.89. The molecule has 0 unspecified atom stereocenters. The minimum atomic E-state index is -0.677. The lowest BCUT2D eigenvalue weighted by Crippen LogP contribution is -2.51. The van der Waals surface area contributed by atoms with Gasteiger partial charge < -0.3 is 20.5 Å². The highest BCUT2D eigenvalue weighted by atomic mass is 16.5. The maximum atomic E-state index is 12.8. The molecular formula is C21H30N2O5. The van der Waals surface area contributed by atoms with Crippen LogP contribution in [0.1, 0.15) is 61.4 Å². The summed E-state index contributed by atoms with van der Waals surface area (Å²) in [6.45, 7) is 1.86. The van der Waals surface area contributed by atoms with E-state index in [1.54, 1.807) is 24.3 Å². The van der Waals surface area contributed by atoms with Crippen LogP contribution in [0.2, 0.25) is 0 Å². The molecule has 0 spiro atoms. The molecular weight excluding hydrogens is 360 g/mol. The van der Waals surface area contributed by atoms with Crippen LogP contribution in [-0.4, -0.2) is 42.1 Å². The molecule has 2 rings (SSSR count). The van der Waals surface area contributed by atoms with Crippen molar-refractivity contribution < 1.29 is 24.2 Å². The average molecular weight is 390 g/mol. The van der Waals surface area contributed by atoms with Crippen molar-refractivity contribution in [2.45, 2.75) is 64.1 Å². The Kier molecular flexibility index (Phi) is 8.44. The summed E-state index contributed by atoms with van der Waals surface area (Å²) in [5.74, 6) is -1.28. The van der Waals surface area contributed by atoms with Crippen LogP contribution in [-0.2, 0) is 20.9 Å². The zero-order chi connectivity index (χ0) is 20.5. The molecule has 0 radical (unpaired) electrons. The van der Waals surface area contributed by atoms with Gasteiger partial charge in [-0.3, -0.25) is 14.4 Å². The fraction of sp³-hybridized carbons (Fsp3) is 0.571. The second-order valence-corrected chi connectivity index (χ2v) is 7.20. The number of benzene rings is 1. The van der Waals surface area contributed by atoms with E-state index in [4.69, 9.17) is 4.74 Å². The van der Waals surface area contributed by atoms with Crippen LogP contribution in [0, 0.1) is 5.92 Å². The number of hydrogen-bond acceptors (Lipinski definition) is 5. The molecule has 2 amide bonds. The van der Waals surface area contributed by atoms with Gasteiger partial charge in [-0.15, -0.1) is 0 Å². The van der Waals surface area contributed by atoms with Crippen molar-refractivity contribution in [2.75, 3.05) is 7.11 Å². The highest BCUT2D eigenvalue weighted by molar-refractivity contribution is 5.97. The van der Waals surface area contributed by atoms with E-state index in [1.165, 1.54) is 7.11 Å². The molecule has 0 heterocycles. The van der Waals surface area contributed by atoms with Crippen molar-refractivity contribution in [3.8, 4) is 0 Å². The smallest absolute Gasteiger partial charge is 0.310 e. The van der Waals surface area contributed by atoms with Gasteiger partial charge in [0.05, 0.1) is 19.6 Å². The molecule has 3 atom stereocenters. The van der Waals surface area contributed by atoms with Crippen molar-refractivity contribution >= 4 is 17.8 Å². The first-order chi connectivity index (χ1) is 13.5. The topological polar surface area (TPSA) is 105 Å². The first kappa shape index (κ1) is 21.9. The van der Waals surface area contributed by atoms with Crippen LogP contribution in [0.3, 0.4) is 0 Å². The van der Waals surface area contributed by atoms with Gasteiger partial charge in [-0.25, -0.2) is 0 Å². The normalized spacial score (nSPS) is 19.7. The number of unbranched alkanes of at least 4 members (excludes halogenated alkanes) is 1. The number of methoxy groups -OCH3 is 1. The number of carbonyl (C=O) groups excluding carboxylic acids is 3. The van der Waals surface area contributed by atoms with Crippen LogP contribution < -0.4 is 10.6 Å². The van der Waals surface area contributed by atoms with E-state index in [0.29, 0.717) is 24.0 Å². The SMILES string of the molecule is CCCC[C@H](NC(=O)c1cccc(CO)c1)C(=O)N[C@H]1CCC[C@H]1C(=O)OC. The van der Waals surface area contributed by atoms with Crippen molar-refractivity contribution in [1.29, 1.82) is 0 Å². The van der Waals surface area contributed by atoms with E-state index in [1.807, 2.05) is 6.92 Å². The molecule has 0 saturated heterocycles. The Balaban J connectivity index is 2.05. The standard InChI is InChI=1S/C21H30N2O5/c1-3-4-10-18(23-19(25)15-8-5-7-14(12-15)13-24)20(26)22-17-11-6-9-16(17)21(27)28-2/h5,7-8,12,16-18,24H,3-4,6,9-11,13H2,1-2H3,(H,22,26)(H,23,25)/t16-,17+,18+/m1/s1. The first-order valence-electron chi connectivity index (χ1n) is 9.89. The van der Waals surface area contributed by atoms with Gasteiger partial charge in [-0.05, 0) is 37.0 Å². The average Bonchev–Trinajstić information content (AvgIpc) is 3.18. The number of esters is 1. The van der Waals surface area contributed by atoms with Crippen molar-refractivity contribution in [2.24, 2.45) is 5.92 Å². The van der Waals surface area contributed by atoms with Gasteiger partial charge in [-0.1, -0.05) is 38.3 Å². The van der Waals surface area contributed by atoms with E-state index >= 15 is 0 Å². The number of ether oxygens (including phenoxy) is 1. The van der Waals surface area contributed by atoms with Crippen LogP contribution in [0.25, 0.3) is 0 Å². The highest BCUT2D eigenvalue weighted by Gasteiger charge is 2.36. The van der Waals surface area contributed by atoms with Crippen molar-refractivity contribution in [3.05, 3.63) is 35.4 Å². The zero-order valence-corrected chi connectivity index (χ0v) is 16.6. The maximum absolute atomic E-state index is 12.8. The Hall–Kier alpha value is -2.41. The zero-order valence-electron chi connectivity index (χ0n) is 16.6. The Morgan fingerprint density at radius 1 is 1.29 bits per heavy atom. The molecule has 1 aromatic carbocycles. The predicted molar refractivity (Wildman–Crippen MR) is 104 cm³/mol. The Morgan fingerprint density at radius 2 is 2.07 bits per heavy atom. The lowest BCUT2D eigenvalue weighted by Gasteiger charge is -2.24. The van der Waals surface area contributed by atoms with Crippen LogP contribution in [0.4, 0.5) is 0 Å². The van der Waals surface area contributed by atoms with Crippen molar-refractivity contribution in [1.82, 2.24) is 10.6 Å². The largest absolute Gasteiger partial charge is 0.469 e. The molecule has 7 heteroatoms. The van der Waals surface area contributed by atoms with E-state index in [2.05, 4.69) is 10.6 Å². The lowest BCUT2D eigenvalue weighted by molar-refractivity contribution is -0.146. The lowest BCUT2D eigenvalue weighted by atomic mass is 10.0. The number of amides is 2. The van der Waals surface area contributed by atoms with Gasteiger partial charge in [0.2, 0.25) is 5.91 Å². The van der Waals surface area contributed by atoms with Gasteiger partial charge in [0.25, 0.3) is 5.91 Å². The minimum absolute atomic E-state index is 0.155. The van der Waals surface area contributed by atoms with Gasteiger partial charge in [0.1, 0.15) is 6.04 Å². The summed E-state index contributed by atoms with van der Waals surface area (Å²) in [4.78, 5) is 37.3. The van der Waals surface area contributed by atoms with Gasteiger partial charge >= 0.3 is 5.97 Å². The second kappa shape index (κ2) is 10.8. The molecule has 1 aliphatic rings. The summed E-state index contributed by atoms with van der Waals surface area (Å²) >= 11 is 0. The molecule has 0 aliphatic heterocycles.